The number of carbonyl (C=O) groups excluding carboxylic acids is 2. The zero-order valence-corrected chi connectivity index (χ0v) is 13.9. The Hall–Kier alpha value is -1.11. The monoisotopic (exact) mass is 375 g/mol. The number of rotatable bonds is 5. The summed E-state index contributed by atoms with van der Waals surface area (Å²) in [7, 11) is 0. The SMILES string of the molecule is Cl.O=C(NCCNC(=O)C1CCCN1)c1ccc(Br)cc1. The second-order valence-corrected chi connectivity index (χ2v) is 5.62. The lowest BCUT2D eigenvalue weighted by Crippen LogP contribution is -2.43. The van der Waals surface area contributed by atoms with Crippen LogP contribution in [0, 0.1) is 0 Å². The molecule has 2 amide bonds. The van der Waals surface area contributed by atoms with Gasteiger partial charge in [0, 0.05) is 23.1 Å². The summed E-state index contributed by atoms with van der Waals surface area (Å²) in [6.45, 7) is 1.77. The fourth-order valence-electron chi connectivity index (χ4n) is 2.10. The zero-order chi connectivity index (χ0) is 14.4. The van der Waals surface area contributed by atoms with Gasteiger partial charge in [0.05, 0.1) is 6.04 Å². The molecule has 1 fully saturated rings. The van der Waals surface area contributed by atoms with Crippen LogP contribution in [0.3, 0.4) is 0 Å². The summed E-state index contributed by atoms with van der Waals surface area (Å²) < 4.78 is 0.936. The van der Waals surface area contributed by atoms with E-state index >= 15 is 0 Å². The Morgan fingerprint density at radius 2 is 1.86 bits per heavy atom. The average Bonchev–Trinajstić information content (AvgIpc) is 2.98. The Bertz CT molecular complexity index is 476. The predicted octanol–water partition coefficient (Wildman–Crippen LogP) is 1.47. The van der Waals surface area contributed by atoms with Crippen LogP contribution in [0.1, 0.15) is 23.2 Å². The standard InChI is InChI=1S/C14H18BrN3O2.ClH/c15-11-5-3-10(4-6-11)13(19)17-8-9-18-14(20)12-2-1-7-16-12;/h3-6,12,16H,1-2,7-9H2,(H,17,19)(H,18,20);1H. The maximum Gasteiger partial charge on any atom is 0.251 e. The van der Waals surface area contributed by atoms with Crippen molar-refractivity contribution in [3.05, 3.63) is 34.3 Å². The number of hydrogen-bond donors (Lipinski definition) is 3. The van der Waals surface area contributed by atoms with Crippen molar-refractivity contribution in [3.63, 3.8) is 0 Å². The molecule has 21 heavy (non-hydrogen) atoms. The third-order valence-corrected chi connectivity index (χ3v) is 3.72. The van der Waals surface area contributed by atoms with Crippen molar-refractivity contribution in [2.24, 2.45) is 0 Å². The molecule has 3 N–H and O–H groups in total. The van der Waals surface area contributed by atoms with E-state index in [9.17, 15) is 9.59 Å². The molecule has 1 aliphatic heterocycles. The molecule has 0 radical (unpaired) electrons. The number of amides is 2. The van der Waals surface area contributed by atoms with Crippen LogP contribution < -0.4 is 16.0 Å². The minimum atomic E-state index is -0.134. The number of benzene rings is 1. The van der Waals surface area contributed by atoms with Crippen LogP contribution in [-0.2, 0) is 4.79 Å². The summed E-state index contributed by atoms with van der Waals surface area (Å²) in [5.74, 6) is -0.119. The highest BCUT2D eigenvalue weighted by atomic mass is 79.9. The van der Waals surface area contributed by atoms with Crippen molar-refractivity contribution in [1.29, 1.82) is 0 Å². The van der Waals surface area contributed by atoms with Gasteiger partial charge in [0.25, 0.3) is 5.91 Å². The van der Waals surface area contributed by atoms with Gasteiger partial charge in [-0.05, 0) is 43.7 Å². The number of halogens is 2. The van der Waals surface area contributed by atoms with Gasteiger partial charge < -0.3 is 16.0 Å². The van der Waals surface area contributed by atoms with Crippen molar-refractivity contribution < 1.29 is 9.59 Å². The summed E-state index contributed by atoms with van der Waals surface area (Å²) >= 11 is 3.32. The molecule has 5 nitrogen and oxygen atoms in total. The van der Waals surface area contributed by atoms with Crippen LogP contribution in [-0.4, -0.2) is 37.5 Å². The second kappa shape index (κ2) is 9.02. The van der Waals surface area contributed by atoms with Crippen molar-refractivity contribution in [2.45, 2.75) is 18.9 Å². The van der Waals surface area contributed by atoms with Crippen LogP contribution in [0.15, 0.2) is 28.7 Å². The Balaban J connectivity index is 0.00000220. The lowest BCUT2D eigenvalue weighted by atomic mass is 10.2. The summed E-state index contributed by atoms with van der Waals surface area (Å²) in [6, 6.07) is 7.07. The van der Waals surface area contributed by atoms with Crippen LogP contribution in [0.5, 0.6) is 0 Å². The lowest BCUT2D eigenvalue weighted by molar-refractivity contribution is -0.122. The number of carbonyl (C=O) groups is 2. The first-order valence-electron chi connectivity index (χ1n) is 6.71. The van der Waals surface area contributed by atoms with Gasteiger partial charge in [-0.1, -0.05) is 15.9 Å². The Morgan fingerprint density at radius 3 is 2.48 bits per heavy atom. The first kappa shape index (κ1) is 17.9. The molecule has 1 aliphatic rings. The highest BCUT2D eigenvalue weighted by Gasteiger charge is 2.21. The van der Waals surface area contributed by atoms with E-state index in [4.69, 9.17) is 0 Å². The second-order valence-electron chi connectivity index (χ2n) is 4.70. The third-order valence-electron chi connectivity index (χ3n) is 3.19. The van der Waals surface area contributed by atoms with Gasteiger partial charge in [0.15, 0.2) is 0 Å². The number of hydrogen-bond acceptors (Lipinski definition) is 3. The predicted molar refractivity (Wildman–Crippen MR) is 87.8 cm³/mol. The van der Waals surface area contributed by atoms with Crippen molar-refractivity contribution in [2.75, 3.05) is 19.6 Å². The van der Waals surface area contributed by atoms with E-state index in [0.29, 0.717) is 18.7 Å². The number of nitrogens with one attached hydrogen (secondary N) is 3. The van der Waals surface area contributed by atoms with Crippen molar-refractivity contribution in [3.8, 4) is 0 Å². The molecule has 0 aliphatic carbocycles. The molecule has 1 atom stereocenters. The van der Waals surface area contributed by atoms with E-state index in [0.717, 1.165) is 23.9 Å². The fourth-order valence-corrected chi connectivity index (χ4v) is 2.36. The van der Waals surface area contributed by atoms with E-state index in [-0.39, 0.29) is 30.3 Å². The Labute approximate surface area is 138 Å². The van der Waals surface area contributed by atoms with Gasteiger partial charge in [0.1, 0.15) is 0 Å². The Kier molecular flexibility index (Phi) is 7.71. The highest BCUT2D eigenvalue weighted by Crippen LogP contribution is 2.10. The lowest BCUT2D eigenvalue weighted by Gasteiger charge is -2.11. The highest BCUT2D eigenvalue weighted by molar-refractivity contribution is 9.10. The van der Waals surface area contributed by atoms with E-state index in [1.165, 1.54) is 0 Å². The van der Waals surface area contributed by atoms with Gasteiger partial charge in [-0.2, -0.15) is 0 Å². The zero-order valence-electron chi connectivity index (χ0n) is 11.5. The minimum absolute atomic E-state index is 0. The smallest absolute Gasteiger partial charge is 0.251 e. The maximum absolute atomic E-state index is 11.8. The van der Waals surface area contributed by atoms with Crippen LogP contribution in [0.25, 0.3) is 0 Å². The van der Waals surface area contributed by atoms with Gasteiger partial charge in [-0.15, -0.1) is 12.4 Å². The molecule has 1 aromatic carbocycles. The molecule has 0 aromatic heterocycles. The van der Waals surface area contributed by atoms with Gasteiger partial charge in [-0.25, -0.2) is 0 Å². The third kappa shape index (κ3) is 5.65. The topological polar surface area (TPSA) is 70.2 Å². The molecular weight excluding hydrogens is 358 g/mol. The molecule has 1 heterocycles. The maximum atomic E-state index is 11.8. The van der Waals surface area contributed by atoms with Crippen LogP contribution in [0.2, 0.25) is 0 Å². The van der Waals surface area contributed by atoms with E-state index in [2.05, 4.69) is 31.9 Å². The molecule has 0 saturated carbocycles. The van der Waals surface area contributed by atoms with Gasteiger partial charge in [0.2, 0.25) is 5.91 Å². The summed E-state index contributed by atoms with van der Waals surface area (Å²) in [5, 5.41) is 8.73. The quantitative estimate of drug-likeness (QED) is 0.682. The fraction of sp³-hybridized carbons (Fsp3) is 0.429. The minimum Gasteiger partial charge on any atom is -0.353 e. The molecule has 2 rings (SSSR count). The first-order valence-corrected chi connectivity index (χ1v) is 7.51. The van der Waals surface area contributed by atoms with E-state index < -0.39 is 0 Å². The first-order chi connectivity index (χ1) is 9.66. The van der Waals surface area contributed by atoms with Crippen LogP contribution >= 0.6 is 28.3 Å². The normalized spacial score (nSPS) is 16.9. The van der Waals surface area contributed by atoms with Crippen molar-refractivity contribution in [1.82, 2.24) is 16.0 Å². The molecule has 1 unspecified atom stereocenters. The van der Waals surface area contributed by atoms with E-state index in [1.807, 2.05) is 12.1 Å². The largest absolute Gasteiger partial charge is 0.353 e. The molecule has 0 spiro atoms. The summed E-state index contributed by atoms with van der Waals surface area (Å²) in [5.41, 5.74) is 0.608. The molecule has 1 saturated heterocycles. The average molecular weight is 377 g/mol. The summed E-state index contributed by atoms with van der Waals surface area (Å²) in [4.78, 5) is 23.5. The van der Waals surface area contributed by atoms with Crippen molar-refractivity contribution >= 4 is 40.2 Å². The van der Waals surface area contributed by atoms with E-state index in [1.54, 1.807) is 12.1 Å². The molecule has 7 heteroatoms. The molecule has 0 bridgehead atoms. The van der Waals surface area contributed by atoms with Gasteiger partial charge >= 0.3 is 0 Å². The van der Waals surface area contributed by atoms with Crippen LogP contribution in [0.4, 0.5) is 0 Å². The summed E-state index contributed by atoms with van der Waals surface area (Å²) in [6.07, 6.45) is 1.93. The van der Waals surface area contributed by atoms with Gasteiger partial charge in [-0.3, -0.25) is 9.59 Å². The Morgan fingerprint density at radius 1 is 1.19 bits per heavy atom. The molecule has 1 aromatic rings. The molecular formula is C14H19BrClN3O2. The molecule has 116 valence electrons.